The maximum atomic E-state index is 11.2. The van der Waals surface area contributed by atoms with Crippen LogP contribution in [-0.2, 0) is 10.8 Å². The Kier molecular flexibility index (Phi) is 15.5. The van der Waals surface area contributed by atoms with Crippen LogP contribution >= 0.6 is 23.5 Å². The summed E-state index contributed by atoms with van der Waals surface area (Å²) in [7, 11) is 0. The summed E-state index contributed by atoms with van der Waals surface area (Å²) < 4.78 is 0. The molecular formula is C104H60N8S2. The lowest BCUT2D eigenvalue weighted by Crippen LogP contribution is -2.31. The third kappa shape index (κ3) is 10.6. The van der Waals surface area contributed by atoms with Gasteiger partial charge in [0.15, 0.2) is 34.9 Å². The van der Waals surface area contributed by atoms with Crippen molar-refractivity contribution in [1.29, 1.82) is 10.5 Å². The van der Waals surface area contributed by atoms with E-state index in [0.717, 1.165) is 122 Å². The highest BCUT2D eigenvalue weighted by Gasteiger charge is 2.52. The van der Waals surface area contributed by atoms with Crippen LogP contribution in [0.4, 0.5) is 0 Å². The van der Waals surface area contributed by atoms with Gasteiger partial charge in [0.1, 0.15) is 0 Å². The number of rotatable bonds is 10. The van der Waals surface area contributed by atoms with Crippen molar-refractivity contribution in [3.63, 3.8) is 0 Å². The van der Waals surface area contributed by atoms with Gasteiger partial charge in [-0.3, -0.25) is 0 Å². The summed E-state index contributed by atoms with van der Waals surface area (Å²) in [5.41, 5.74) is 26.7. The molecule has 2 aromatic heterocycles. The van der Waals surface area contributed by atoms with E-state index in [1.165, 1.54) is 53.0 Å². The van der Waals surface area contributed by atoms with Crippen molar-refractivity contribution in [2.75, 3.05) is 0 Å². The number of aromatic nitrogens is 6. The van der Waals surface area contributed by atoms with Crippen LogP contribution in [0.5, 0.6) is 0 Å². The smallest absolute Gasteiger partial charge is 0.164 e. The fourth-order valence-electron chi connectivity index (χ4n) is 18.0. The van der Waals surface area contributed by atoms with Gasteiger partial charge < -0.3 is 0 Å². The highest BCUT2D eigenvalue weighted by molar-refractivity contribution is 7.99. The Morgan fingerprint density at radius 3 is 1.04 bits per heavy atom. The van der Waals surface area contributed by atoms with Crippen LogP contribution in [0.2, 0.25) is 0 Å². The van der Waals surface area contributed by atoms with Gasteiger partial charge >= 0.3 is 0 Å². The molecule has 10 heteroatoms. The molecule has 0 fully saturated rings. The highest BCUT2D eigenvalue weighted by Crippen LogP contribution is 2.65. The summed E-state index contributed by atoms with van der Waals surface area (Å²) >= 11 is 3.64. The van der Waals surface area contributed by atoms with E-state index in [9.17, 15) is 10.5 Å². The molecule has 2 aliphatic carbocycles. The molecule has 22 rings (SSSR count). The number of hydrogen-bond donors (Lipinski definition) is 0. The van der Waals surface area contributed by atoms with Gasteiger partial charge in [0.25, 0.3) is 0 Å². The third-order valence-electron chi connectivity index (χ3n) is 23.2. The zero-order valence-corrected chi connectivity index (χ0v) is 62.7. The monoisotopic (exact) mass is 1480 g/mol. The highest BCUT2D eigenvalue weighted by atomic mass is 32.2. The minimum atomic E-state index is -0.678. The standard InChI is InChI=1S/C104H60N8S2/c105-61-63-19-17-26-69(53-63)73-45-49-85-81(57-73)83-59-77(47-51-87(83)103(85)89-29-9-13-33-93(89)113-94-34-14-10-30-90(94)103)102-110-98(109-99(111-102)75-28-18-27-71(54-75)64-20-3-1-4-21-64)68-40-37-66(38-41-68)72-42-44-79(62-106)80(56-72)74-46-50-86-82(58-74)84-60-78(48-52-88(84)104(86)91-31-11-15-35-95(91)114-96-36-16-12-32-92(96)104)101-108-97(67-23-5-2-6-24-67)107-100(112-101)76-43-39-65-22-7-8-25-70(65)55-76/h1-60H. The molecule has 114 heavy (non-hydrogen) atoms. The van der Waals surface area contributed by atoms with Gasteiger partial charge in [0, 0.05) is 58.5 Å². The van der Waals surface area contributed by atoms with Crippen LogP contribution in [0.15, 0.2) is 384 Å². The van der Waals surface area contributed by atoms with Gasteiger partial charge in [-0.25, -0.2) is 29.9 Å². The Hall–Kier alpha value is -14.5. The van der Waals surface area contributed by atoms with E-state index in [4.69, 9.17) is 29.9 Å². The zero-order chi connectivity index (χ0) is 75.6. The molecule has 0 amide bonds. The molecule has 2 aliphatic heterocycles. The minimum Gasteiger partial charge on any atom is -0.208 e. The summed E-state index contributed by atoms with van der Waals surface area (Å²) in [6.45, 7) is 0. The molecule has 4 aliphatic rings. The lowest BCUT2D eigenvalue weighted by atomic mass is 9.67. The van der Waals surface area contributed by atoms with E-state index >= 15 is 0 Å². The molecule has 0 unspecified atom stereocenters. The molecule has 0 atom stereocenters. The van der Waals surface area contributed by atoms with Crippen molar-refractivity contribution in [1.82, 2.24) is 29.9 Å². The van der Waals surface area contributed by atoms with E-state index in [2.05, 4.69) is 309 Å². The Bertz CT molecular complexity index is 7070. The summed E-state index contributed by atoms with van der Waals surface area (Å²) in [5.74, 6) is 3.34. The first-order valence-corrected chi connectivity index (χ1v) is 39.7. The maximum absolute atomic E-state index is 11.2. The van der Waals surface area contributed by atoms with E-state index in [0.29, 0.717) is 46.1 Å². The summed E-state index contributed by atoms with van der Waals surface area (Å²) in [5, 5.41) is 23.5. The first kappa shape index (κ1) is 66.5. The van der Waals surface area contributed by atoms with Crippen LogP contribution in [0.1, 0.15) is 55.6 Å². The molecule has 528 valence electrons. The lowest BCUT2D eigenvalue weighted by molar-refractivity contribution is 0.722. The number of benzene rings is 16. The van der Waals surface area contributed by atoms with Gasteiger partial charge in [-0.15, -0.1) is 0 Å². The van der Waals surface area contributed by atoms with Crippen LogP contribution in [-0.4, -0.2) is 29.9 Å². The Morgan fingerprint density at radius 2 is 0.518 bits per heavy atom. The zero-order valence-electron chi connectivity index (χ0n) is 61.0. The second kappa shape index (κ2) is 26.6. The number of nitriles is 2. The summed E-state index contributed by atoms with van der Waals surface area (Å²) in [6.07, 6.45) is 0. The maximum Gasteiger partial charge on any atom is 0.164 e. The van der Waals surface area contributed by atoms with Gasteiger partial charge in [0.05, 0.1) is 34.1 Å². The van der Waals surface area contributed by atoms with Gasteiger partial charge in [-0.2, -0.15) is 10.5 Å². The molecule has 8 nitrogen and oxygen atoms in total. The van der Waals surface area contributed by atoms with Gasteiger partial charge in [-0.1, -0.05) is 303 Å². The first-order valence-electron chi connectivity index (χ1n) is 38.0. The number of nitrogens with zero attached hydrogens (tertiary/aromatic N) is 8. The van der Waals surface area contributed by atoms with Crippen LogP contribution in [0.3, 0.4) is 0 Å². The first-order chi connectivity index (χ1) is 56.3. The number of fused-ring (bicyclic) bond motifs is 19. The number of hydrogen-bond acceptors (Lipinski definition) is 10. The van der Waals surface area contributed by atoms with Gasteiger partial charge in [0.2, 0.25) is 0 Å². The van der Waals surface area contributed by atoms with Crippen molar-refractivity contribution >= 4 is 34.3 Å². The fraction of sp³-hybridized carbons (Fsp3) is 0.0192. The molecule has 4 heterocycles. The molecule has 16 aromatic carbocycles. The quantitative estimate of drug-likeness (QED) is 0.131. The van der Waals surface area contributed by atoms with Crippen LogP contribution in [0.25, 0.3) is 146 Å². The largest absolute Gasteiger partial charge is 0.208 e. The molecule has 0 bridgehead atoms. The molecule has 0 saturated carbocycles. The molecular weight excluding hydrogens is 1430 g/mol. The van der Waals surface area contributed by atoms with Crippen LogP contribution in [0, 0.1) is 22.7 Å². The molecule has 0 N–H and O–H groups in total. The van der Waals surface area contributed by atoms with Crippen molar-refractivity contribution < 1.29 is 0 Å². The molecule has 0 radical (unpaired) electrons. The SMILES string of the molecule is N#Cc1cccc(-c2ccc3c(c2)-c2cc(-c4nc(-c5ccc(-c6ccc(C#N)c(-c7ccc8c(c7)-c7cc(-c9nc(-c%10ccccc%10)nc(-c%10ccc%11ccccc%11c%10)n9)ccc7C87c8ccccc8Sc8ccccc87)c6)cc5)nc(-c5cccc(-c6ccccc6)c5)n4)ccc2C32c3ccccc3Sc3ccccc32)c1. The average molecular weight is 1490 g/mol. The average Bonchev–Trinajstić information content (AvgIpc) is 1.51. The molecule has 2 spiro atoms. The molecule has 18 aromatic rings. The van der Waals surface area contributed by atoms with E-state index in [1.54, 1.807) is 0 Å². The fourth-order valence-corrected chi connectivity index (χ4v) is 20.4. The van der Waals surface area contributed by atoms with E-state index < -0.39 is 10.8 Å². The third-order valence-corrected chi connectivity index (χ3v) is 25.5. The lowest BCUT2D eigenvalue weighted by Gasteiger charge is -2.39. The second-order valence-corrected chi connectivity index (χ2v) is 31.5. The van der Waals surface area contributed by atoms with Crippen molar-refractivity contribution in [2.24, 2.45) is 0 Å². The van der Waals surface area contributed by atoms with Crippen molar-refractivity contribution in [3.8, 4) is 147 Å². The second-order valence-electron chi connectivity index (χ2n) is 29.4. The van der Waals surface area contributed by atoms with E-state index in [1.807, 2.05) is 90.3 Å². The van der Waals surface area contributed by atoms with Crippen LogP contribution < -0.4 is 0 Å². The predicted octanol–water partition coefficient (Wildman–Crippen LogP) is 25.3. The minimum absolute atomic E-state index is 0.523. The van der Waals surface area contributed by atoms with Crippen molar-refractivity contribution in [3.05, 3.63) is 420 Å². The van der Waals surface area contributed by atoms with Gasteiger partial charge in [-0.05, 0) is 201 Å². The predicted molar refractivity (Wildman–Crippen MR) is 457 cm³/mol. The summed E-state index contributed by atoms with van der Waals surface area (Å²) in [6, 6.07) is 134. The van der Waals surface area contributed by atoms with E-state index in [-0.39, 0.29) is 0 Å². The normalized spacial score (nSPS) is 13.1. The van der Waals surface area contributed by atoms with Crippen molar-refractivity contribution in [2.45, 2.75) is 30.4 Å². The summed E-state index contributed by atoms with van der Waals surface area (Å²) in [4.78, 5) is 36.9. The Morgan fingerprint density at radius 1 is 0.202 bits per heavy atom. The topological polar surface area (TPSA) is 125 Å². The molecule has 0 saturated heterocycles. The Labute approximate surface area is 667 Å². The Balaban J connectivity index is 0.672.